The zero-order valence-electron chi connectivity index (χ0n) is 16.7. The Bertz CT molecular complexity index is 1470. The van der Waals surface area contributed by atoms with Gasteiger partial charge in [0.05, 0.1) is 16.3 Å². The van der Waals surface area contributed by atoms with Crippen LogP contribution < -0.4 is 0 Å². The lowest BCUT2D eigenvalue weighted by Gasteiger charge is -2.23. The van der Waals surface area contributed by atoms with Crippen LogP contribution >= 0.6 is 23.7 Å². The lowest BCUT2D eigenvalue weighted by molar-refractivity contribution is 0.593. The Labute approximate surface area is 190 Å². The summed E-state index contributed by atoms with van der Waals surface area (Å²) in [6, 6.07) is 12.1. The van der Waals surface area contributed by atoms with Crippen molar-refractivity contribution in [3.8, 4) is 22.4 Å². The van der Waals surface area contributed by atoms with Crippen molar-refractivity contribution in [2.75, 3.05) is 0 Å². The molecule has 1 aliphatic carbocycles. The van der Waals surface area contributed by atoms with Crippen molar-refractivity contribution < 1.29 is 12.8 Å². The summed E-state index contributed by atoms with van der Waals surface area (Å²) < 4.78 is 40.4. The van der Waals surface area contributed by atoms with Crippen LogP contribution in [0.1, 0.15) is 28.0 Å². The first-order valence-electron chi connectivity index (χ1n) is 9.99. The van der Waals surface area contributed by atoms with E-state index in [4.69, 9.17) is 4.98 Å². The smallest absolute Gasteiger partial charge is 0.183 e. The van der Waals surface area contributed by atoms with E-state index in [1.807, 2.05) is 19.1 Å². The average molecular weight is 472 g/mol. The van der Waals surface area contributed by atoms with E-state index in [1.54, 1.807) is 11.3 Å². The predicted molar refractivity (Wildman–Crippen MR) is 125 cm³/mol. The molecule has 0 unspecified atom stereocenters. The molecule has 158 valence electrons. The monoisotopic (exact) mass is 471 g/mol. The topological polar surface area (TPSA) is 47.0 Å². The van der Waals surface area contributed by atoms with Gasteiger partial charge < -0.3 is 0 Å². The molecule has 0 saturated carbocycles. The summed E-state index contributed by atoms with van der Waals surface area (Å²) in [6.07, 6.45) is 3.15. The molecule has 2 aromatic heterocycles. The fourth-order valence-electron chi connectivity index (χ4n) is 4.79. The minimum atomic E-state index is -3.58. The van der Waals surface area contributed by atoms with Crippen LogP contribution in [0.25, 0.3) is 32.6 Å². The number of sulfone groups is 1. The Hall–Kier alpha value is -2.28. The van der Waals surface area contributed by atoms with Crippen molar-refractivity contribution in [1.82, 2.24) is 4.98 Å². The van der Waals surface area contributed by atoms with Crippen LogP contribution in [0.5, 0.6) is 0 Å². The normalized spacial score (nSPS) is 15.8. The third-order valence-corrected chi connectivity index (χ3v) is 9.04. The van der Waals surface area contributed by atoms with Gasteiger partial charge in [-0.3, -0.25) is 0 Å². The molecule has 0 bridgehead atoms. The van der Waals surface area contributed by atoms with Gasteiger partial charge in [-0.05, 0) is 61.1 Å². The van der Waals surface area contributed by atoms with Gasteiger partial charge in [0.1, 0.15) is 10.6 Å². The fourth-order valence-corrected chi connectivity index (χ4v) is 7.65. The van der Waals surface area contributed by atoms with Gasteiger partial charge in [-0.1, -0.05) is 29.8 Å². The van der Waals surface area contributed by atoms with Crippen molar-refractivity contribution in [3.05, 3.63) is 69.8 Å². The molecule has 6 rings (SSSR count). The minimum absolute atomic E-state index is 0. The first kappa shape index (κ1) is 20.6. The Morgan fingerprint density at radius 2 is 1.81 bits per heavy atom. The molecule has 2 aromatic carbocycles. The van der Waals surface area contributed by atoms with E-state index >= 15 is 0 Å². The van der Waals surface area contributed by atoms with E-state index in [0.717, 1.165) is 46.2 Å². The highest BCUT2D eigenvalue weighted by atomic mass is 35.5. The maximum absolute atomic E-state index is 14.1. The lowest BCUT2D eigenvalue weighted by Crippen LogP contribution is -2.15. The summed E-state index contributed by atoms with van der Waals surface area (Å²) >= 11 is 1.70. The number of thiophene rings is 1. The maximum atomic E-state index is 14.1. The minimum Gasteiger partial charge on any atom is -0.236 e. The number of aromatic nitrogens is 1. The van der Waals surface area contributed by atoms with Gasteiger partial charge in [0.15, 0.2) is 9.84 Å². The quantitative estimate of drug-likeness (QED) is 0.307. The molecule has 0 fully saturated rings. The number of fused-ring (bicyclic) bond motifs is 6. The first-order chi connectivity index (χ1) is 14.4. The zero-order valence-corrected chi connectivity index (χ0v) is 19.2. The Morgan fingerprint density at radius 3 is 2.58 bits per heavy atom. The van der Waals surface area contributed by atoms with Crippen LogP contribution in [0, 0.1) is 12.7 Å². The number of rotatable bonds is 1. The van der Waals surface area contributed by atoms with Gasteiger partial charge in [0.25, 0.3) is 0 Å². The van der Waals surface area contributed by atoms with Crippen LogP contribution in [-0.2, 0) is 28.4 Å². The van der Waals surface area contributed by atoms with Crippen molar-refractivity contribution in [2.45, 2.75) is 36.8 Å². The first-order valence-corrected chi connectivity index (χ1v) is 12.5. The fraction of sp³-hybridized carbons (Fsp3) is 0.208. The Balaban J connectivity index is 0.00000204. The van der Waals surface area contributed by atoms with Gasteiger partial charge in [-0.25, -0.2) is 17.8 Å². The summed E-state index contributed by atoms with van der Waals surface area (Å²) in [7, 11) is -3.58. The third-order valence-electron chi connectivity index (χ3n) is 6.16. The average Bonchev–Trinajstić information content (AvgIpc) is 3.28. The van der Waals surface area contributed by atoms with Gasteiger partial charge in [0, 0.05) is 21.4 Å². The van der Waals surface area contributed by atoms with E-state index < -0.39 is 15.7 Å². The molecule has 3 nitrogen and oxygen atoms in total. The molecule has 2 aliphatic rings. The van der Waals surface area contributed by atoms with E-state index in [-0.39, 0.29) is 23.1 Å². The summed E-state index contributed by atoms with van der Waals surface area (Å²) in [5.41, 5.74) is 6.07. The van der Waals surface area contributed by atoms with Crippen LogP contribution in [0.4, 0.5) is 4.39 Å². The van der Waals surface area contributed by atoms with Gasteiger partial charge >= 0.3 is 0 Å². The second-order valence-corrected chi connectivity index (χ2v) is 11.2. The molecule has 1 aliphatic heterocycles. The number of pyridine rings is 1. The van der Waals surface area contributed by atoms with Crippen molar-refractivity contribution in [2.24, 2.45) is 0 Å². The van der Waals surface area contributed by atoms with Crippen molar-refractivity contribution >= 4 is 43.8 Å². The SMILES string of the molecule is Cc1ccc(-c2c3c(nc4sc5c(c24)CCC5)-c2cc(F)ccc2S(=O)(=O)C3)cc1.Cl. The molecule has 0 atom stereocenters. The van der Waals surface area contributed by atoms with Gasteiger partial charge in [-0.2, -0.15) is 0 Å². The Kier molecular flexibility index (Phi) is 4.73. The zero-order chi connectivity index (χ0) is 20.6. The second kappa shape index (κ2) is 7.12. The van der Waals surface area contributed by atoms with Crippen LogP contribution in [0.2, 0.25) is 0 Å². The molecule has 0 spiro atoms. The van der Waals surface area contributed by atoms with E-state index in [9.17, 15) is 12.8 Å². The molecule has 3 heterocycles. The molecule has 4 aromatic rings. The molecule has 0 N–H and O–H groups in total. The summed E-state index contributed by atoms with van der Waals surface area (Å²) in [6.45, 7) is 2.03. The van der Waals surface area contributed by atoms with Crippen LogP contribution in [0.15, 0.2) is 47.4 Å². The maximum Gasteiger partial charge on any atom is 0.183 e. The number of hydrogen-bond donors (Lipinski definition) is 0. The highest BCUT2D eigenvalue weighted by Gasteiger charge is 2.34. The Morgan fingerprint density at radius 1 is 1.03 bits per heavy atom. The van der Waals surface area contributed by atoms with E-state index in [2.05, 4.69) is 12.1 Å². The molecular formula is C24H19ClFNO2S2. The van der Waals surface area contributed by atoms with E-state index in [0.29, 0.717) is 16.8 Å². The van der Waals surface area contributed by atoms with Crippen molar-refractivity contribution in [3.63, 3.8) is 0 Å². The molecule has 7 heteroatoms. The third kappa shape index (κ3) is 3.04. The number of hydrogen-bond acceptors (Lipinski definition) is 4. The number of benzene rings is 2. The summed E-state index contributed by atoms with van der Waals surface area (Å²) in [4.78, 5) is 7.35. The predicted octanol–water partition coefficient (Wildman–Crippen LogP) is 6.28. The van der Waals surface area contributed by atoms with Gasteiger partial charge in [0.2, 0.25) is 0 Å². The summed E-state index contributed by atoms with van der Waals surface area (Å²) in [5, 5.41) is 1.09. The molecule has 31 heavy (non-hydrogen) atoms. The molecule has 0 radical (unpaired) electrons. The standard InChI is InChI=1S/C24H18FNO2S2.ClH/c1-13-5-7-14(8-6-13)21-18-12-30(27,28)20-10-9-15(25)11-17(20)23(18)26-24-22(21)16-3-2-4-19(16)29-24;/h5-11H,2-4,12H2,1H3;1H. The number of aryl methyl sites for hydroxylation is 3. The number of nitrogens with zero attached hydrogens (tertiary/aromatic N) is 1. The van der Waals surface area contributed by atoms with E-state index in [1.165, 1.54) is 28.6 Å². The van der Waals surface area contributed by atoms with Crippen LogP contribution in [0.3, 0.4) is 0 Å². The van der Waals surface area contributed by atoms with Crippen molar-refractivity contribution in [1.29, 1.82) is 0 Å². The highest BCUT2D eigenvalue weighted by Crippen LogP contribution is 2.48. The largest absolute Gasteiger partial charge is 0.236 e. The van der Waals surface area contributed by atoms with Gasteiger partial charge in [-0.15, -0.1) is 23.7 Å². The molecular weight excluding hydrogens is 453 g/mol. The number of halogens is 2. The lowest BCUT2D eigenvalue weighted by atomic mass is 9.92. The molecule has 0 amide bonds. The highest BCUT2D eigenvalue weighted by molar-refractivity contribution is 7.91. The molecule has 0 saturated heterocycles. The second-order valence-electron chi connectivity index (χ2n) is 8.12. The summed E-state index contributed by atoms with van der Waals surface area (Å²) in [5.74, 6) is -0.568. The van der Waals surface area contributed by atoms with Crippen LogP contribution in [-0.4, -0.2) is 13.4 Å².